The van der Waals surface area contributed by atoms with Crippen LogP contribution in [0.4, 0.5) is 5.82 Å². The second-order valence-corrected chi connectivity index (χ2v) is 10.6. The zero-order valence-corrected chi connectivity index (χ0v) is 22.2. The third-order valence-corrected chi connectivity index (χ3v) is 8.07. The lowest BCUT2D eigenvalue weighted by molar-refractivity contribution is -0.0640. The standard InChI is InChI=1S/C27H34ClN7O3/c28-24-15-22(4-1-19(24)16-29)38-21-5-2-20(3-6-21)35-13-14-37-23(18-35)17-33-9-11-34(12-10-33)26-8-7-25(27(30)36)31-32-26/h1,4,7-8,15,20-21,23H,2-3,5-6,9-14,17-18H2,(H2,30,36)/t20?,21?,23-/m1/s1. The molecule has 3 fully saturated rings. The number of carbonyl (C=O) groups is 1. The van der Waals surface area contributed by atoms with Gasteiger partial charge in [0.15, 0.2) is 11.5 Å². The zero-order chi connectivity index (χ0) is 26.5. The number of primary amides is 1. The first-order valence-electron chi connectivity index (χ1n) is 13.3. The van der Waals surface area contributed by atoms with Gasteiger partial charge in [-0.1, -0.05) is 11.6 Å². The lowest BCUT2D eigenvalue weighted by Crippen LogP contribution is -2.54. The quantitative estimate of drug-likeness (QED) is 0.565. The number of anilines is 1. The average Bonchev–Trinajstić information content (AvgIpc) is 2.94. The van der Waals surface area contributed by atoms with Crippen LogP contribution in [0.15, 0.2) is 30.3 Å². The van der Waals surface area contributed by atoms with Gasteiger partial charge in [0.1, 0.15) is 11.8 Å². The van der Waals surface area contributed by atoms with Gasteiger partial charge >= 0.3 is 0 Å². The summed E-state index contributed by atoms with van der Waals surface area (Å²) in [5, 5.41) is 17.6. The topological polar surface area (TPSA) is 121 Å². The number of ether oxygens (including phenoxy) is 2. The lowest BCUT2D eigenvalue weighted by atomic mass is 9.91. The largest absolute Gasteiger partial charge is 0.490 e. The second kappa shape index (κ2) is 12.3. The molecular formula is C27H34ClN7O3. The van der Waals surface area contributed by atoms with E-state index in [2.05, 4.69) is 31.0 Å². The number of morpholine rings is 1. The number of hydrogen-bond acceptors (Lipinski definition) is 9. The molecule has 2 aromatic rings. The molecule has 1 atom stereocenters. The molecule has 3 heterocycles. The molecule has 2 N–H and O–H groups in total. The molecule has 0 radical (unpaired) electrons. The maximum Gasteiger partial charge on any atom is 0.269 e. The van der Waals surface area contributed by atoms with Gasteiger partial charge in [-0.3, -0.25) is 14.6 Å². The molecule has 5 rings (SSSR count). The molecule has 1 aliphatic carbocycles. The first-order valence-corrected chi connectivity index (χ1v) is 13.7. The summed E-state index contributed by atoms with van der Waals surface area (Å²) in [4.78, 5) is 18.5. The highest BCUT2D eigenvalue weighted by atomic mass is 35.5. The molecule has 10 nitrogen and oxygen atoms in total. The minimum atomic E-state index is -0.565. The smallest absolute Gasteiger partial charge is 0.269 e. The van der Waals surface area contributed by atoms with E-state index in [9.17, 15) is 4.79 Å². The van der Waals surface area contributed by atoms with E-state index in [0.29, 0.717) is 16.6 Å². The van der Waals surface area contributed by atoms with Crippen molar-refractivity contribution in [3.05, 3.63) is 46.6 Å². The van der Waals surface area contributed by atoms with Gasteiger partial charge in [-0.15, -0.1) is 10.2 Å². The van der Waals surface area contributed by atoms with Crippen molar-refractivity contribution >= 4 is 23.3 Å². The van der Waals surface area contributed by atoms with E-state index in [1.807, 2.05) is 12.1 Å². The number of hydrogen-bond donors (Lipinski definition) is 1. The molecule has 202 valence electrons. The molecule has 1 saturated carbocycles. The van der Waals surface area contributed by atoms with Gasteiger partial charge < -0.3 is 20.1 Å². The van der Waals surface area contributed by atoms with Crippen LogP contribution in [0, 0.1) is 11.3 Å². The van der Waals surface area contributed by atoms with Crippen molar-refractivity contribution in [3.8, 4) is 11.8 Å². The van der Waals surface area contributed by atoms with E-state index in [4.69, 9.17) is 32.1 Å². The van der Waals surface area contributed by atoms with Gasteiger partial charge in [-0.25, -0.2) is 0 Å². The number of aromatic nitrogens is 2. The SMILES string of the molecule is N#Cc1ccc(OC2CCC(N3CCO[C@H](CN4CCN(c5ccc(C(N)=O)nn5)CC4)C3)CC2)cc1Cl. The molecule has 38 heavy (non-hydrogen) atoms. The van der Waals surface area contributed by atoms with Crippen molar-refractivity contribution < 1.29 is 14.3 Å². The van der Waals surface area contributed by atoms with Gasteiger partial charge in [-0.05, 0) is 49.9 Å². The maximum atomic E-state index is 11.2. The van der Waals surface area contributed by atoms with Crippen molar-refractivity contribution in [2.75, 3.05) is 57.3 Å². The summed E-state index contributed by atoms with van der Waals surface area (Å²) in [5.74, 6) is 0.945. The molecule has 0 spiro atoms. The summed E-state index contributed by atoms with van der Waals surface area (Å²) in [5.41, 5.74) is 5.91. The molecule has 0 unspecified atom stereocenters. The Bertz CT molecular complexity index is 1140. The number of nitrogens with zero attached hydrogens (tertiary/aromatic N) is 6. The highest BCUT2D eigenvalue weighted by Crippen LogP contribution is 2.30. The van der Waals surface area contributed by atoms with Crippen LogP contribution in [0.2, 0.25) is 5.02 Å². The summed E-state index contributed by atoms with van der Waals surface area (Å²) >= 11 is 6.16. The van der Waals surface area contributed by atoms with E-state index in [-0.39, 0.29) is 17.9 Å². The van der Waals surface area contributed by atoms with E-state index in [0.717, 1.165) is 89.7 Å². The number of amides is 1. The second-order valence-electron chi connectivity index (χ2n) is 10.2. The number of carbonyl (C=O) groups excluding carboxylic acids is 1. The molecule has 11 heteroatoms. The molecular weight excluding hydrogens is 506 g/mol. The number of benzene rings is 1. The fourth-order valence-electron chi connectivity index (χ4n) is 5.64. The first kappa shape index (κ1) is 26.6. The summed E-state index contributed by atoms with van der Waals surface area (Å²) < 4.78 is 12.3. The molecule has 3 aliphatic rings. The van der Waals surface area contributed by atoms with E-state index >= 15 is 0 Å². The van der Waals surface area contributed by atoms with E-state index in [1.165, 1.54) is 0 Å². The molecule has 1 amide bonds. The highest BCUT2D eigenvalue weighted by molar-refractivity contribution is 6.31. The summed E-state index contributed by atoms with van der Waals surface area (Å²) in [6.45, 7) is 7.21. The molecule has 2 saturated heterocycles. The van der Waals surface area contributed by atoms with Gasteiger partial charge in [-0.2, -0.15) is 5.26 Å². The number of nitrogens with two attached hydrogens (primary N) is 1. The van der Waals surface area contributed by atoms with Crippen molar-refractivity contribution in [1.29, 1.82) is 5.26 Å². The Morgan fingerprint density at radius 2 is 1.89 bits per heavy atom. The van der Waals surface area contributed by atoms with Crippen LogP contribution in [0.3, 0.4) is 0 Å². The maximum absolute atomic E-state index is 11.2. The Kier molecular flexibility index (Phi) is 8.59. The van der Waals surface area contributed by atoms with Crippen LogP contribution in [0.5, 0.6) is 5.75 Å². The van der Waals surface area contributed by atoms with Crippen molar-refractivity contribution in [2.24, 2.45) is 5.73 Å². The zero-order valence-electron chi connectivity index (χ0n) is 21.5. The molecule has 0 bridgehead atoms. The average molecular weight is 540 g/mol. The Morgan fingerprint density at radius 1 is 1.11 bits per heavy atom. The van der Waals surface area contributed by atoms with Crippen molar-refractivity contribution in [2.45, 2.75) is 43.9 Å². The fraction of sp³-hybridized carbons (Fsp3) is 0.556. The molecule has 1 aromatic heterocycles. The summed E-state index contributed by atoms with van der Waals surface area (Å²) in [6, 6.07) is 11.4. The minimum Gasteiger partial charge on any atom is -0.490 e. The van der Waals surface area contributed by atoms with Crippen molar-refractivity contribution in [1.82, 2.24) is 20.0 Å². The van der Waals surface area contributed by atoms with Gasteiger partial charge in [0, 0.05) is 57.9 Å². The minimum absolute atomic E-state index is 0.181. The summed E-state index contributed by atoms with van der Waals surface area (Å²) in [7, 11) is 0. The Balaban J connectivity index is 1.05. The van der Waals surface area contributed by atoms with Gasteiger partial charge in [0.05, 0.1) is 29.4 Å². The highest BCUT2D eigenvalue weighted by Gasteiger charge is 2.32. The van der Waals surface area contributed by atoms with Gasteiger partial charge in [0.2, 0.25) is 0 Å². The monoisotopic (exact) mass is 539 g/mol. The number of halogens is 1. The third-order valence-electron chi connectivity index (χ3n) is 7.76. The van der Waals surface area contributed by atoms with E-state index in [1.54, 1.807) is 18.2 Å². The normalized spacial score (nSPS) is 25.1. The predicted octanol–water partition coefficient (Wildman–Crippen LogP) is 2.31. The van der Waals surface area contributed by atoms with Crippen LogP contribution < -0.4 is 15.4 Å². The Hall–Kier alpha value is -2.97. The fourth-order valence-corrected chi connectivity index (χ4v) is 5.85. The molecule has 1 aromatic carbocycles. The Morgan fingerprint density at radius 3 is 2.55 bits per heavy atom. The van der Waals surface area contributed by atoms with Crippen molar-refractivity contribution in [3.63, 3.8) is 0 Å². The number of rotatable bonds is 7. The van der Waals surface area contributed by atoms with Crippen LogP contribution >= 0.6 is 11.6 Å². The van der Waals surface area contributed by atoms with Crippen LogP contribution in [0.1, 0.15) is 41.7 Å². The van der Waals surface area contributed by atoms with Crippen LogP contribution in [0.25, 0.3) is 0 Å². The van der Waals surface area contributed by atoms with Crippen LogP contribution in [-0.2, 0) is 4.74 Å². The number of nitriles is 1. The van der Waals surface area contributed by atoms with Crippen LogP contribution in [-0.4, -0.2) is 96.6 Å². The lowest BCUT2D eigenvalue weighted by Gasteiger charge is -2.43. The third kappa shape index (κ3) is 6.53. The van der Waals surface area contributed by atoms with Gasteiger partial charge in [0.25, 0.3) is 5.91 Å². The van der Waals surface area contributed by atoms with E-state index < -0.39 is 5.91 Å². The Labute approximate surface area is 228 Å². The molecule has 2 aliphatic heterocycles. The number of piperazine rings is 1. The first-order chi connectivity index (χ1) is 18.5. The summed E-state index contributed by atoms with van der Waals surface area (Å²) in [6.07, 6.45) is 4.62. The predicted molar refractivity (Wildman–Crippen MR) is 143 cm³/mol.